The van der Waals surface area contributed by atoms with E-state index < -0.39 is 0 Å². The Kier molecular flexibility index (Phi) is 2.78. The first-order chi connectivity index (χ1) is 11.6. The topological polar surface area (TPSA) is 75.9 Å². The number of aryl methyl sites for hydroxylation is 1. The van der Waals surface area contributed by atoms with Crippen LogP contribution in [0.5, 0.6) is 0 Å². The zero-order valence-corrected chi connectivity index (χ0v) is 13.9. The van der Waals surface area contributed by atoms with Gasteiger partial charge >= 0.3 is 0 Å². The largest absolute Gasteiger partial charge is 0.357 e. The molecule has 7 heteroatoms. The lowest BCUT2D eigenvalue weighted by molar-refractivity contribution is -0.117. The lowest BCUT2D eigenvalue weighted by atomic mass is 9.97. The monoisotopic (exact) mass is 324 g/mol. The number of aromatic nitrogens is 4. The van der Waals surface area contributed by atoms with E-state index in [1.165, 1.54) is 12.8 Å². The van der Waals surface area contributed by atoms with Crippen LogP contribution in [0.4, 0.5) is 11.5 Å². The number of carbonyl (C=O) groups excluding carboxylic acids is 1. The smallest absolute Gasteiger partial charge is 0.228 e. The van der Waals surface area contributed by atoms with E-state index in [9.17, 15) is 4.79 Å². The molecule has 5 rings (SSSR count). The first kappa shape index (κ1) is 13.9. The van der Waals surface area contributed by atoms with E-state index in [0.717, 1.165) is 35.5 Å². The molecule has 124 valence electrons. The fourth-order valence-electron chi connectivity index (χ4n) is 3.63. The van der Waals surface area contributed by atoms with Crippen molar-refractivity contribution in [3.8, 4) is 11.3 Å². The van der Waals surface area contributed by atoms with Crippen LogP contribution in [0.15, 0.2) is 12.3 Å². The van der Waals surface area contributed by atoms with Crippen LogP contribution < -0.4 is 10.2 Å². The van der Waals surface area contributed by atoms with Gasteiger partial charge in [0.2, 0.25) is 5.91 Å². The fourth-order valence-corrected chi connectivity index (χ4v) is 3.63. The average Bonchev–Trinajstić information content (AvgIpc) is 3.45. The maximum absolute atomic E-state index is 12.3. The van der Waals surface area contributed by atoms with Gasteiger partial charge in [0.1, 0.15) is 11.4 Å². The van der Waals surface area contributed by atoms with Crippen LogP contribution in [0.1, 0.15) is 44.3 Å². The highest BCUT2D eigenvalue weighted by Gasteiger charge is 2.42. The van der Waals surface area contributed by atoms with E-state index in [4.69, 9.17) is 0 Å². The number of carbonyl (C=O) groups is 1. The first-order valence-electron chi connectivity index (χ1n) is 8.63. The number of pyridine rings is 1. The van der Waals surface area contributed by atoms with Gasteiger partial charge in [-0.05, 0) is 38.7 Å². The van der Waals surface area contributed by atoms with E-state index in [2.05, 4.69) is 32.3 Å². The molecule has 3 heterocycles. The Balaban J connectivity index is 1.66. The summed E-state index contributed by atoms with van der Waals surface area (Å²) in [4.78, 5) is 20.8. The van der Waals surface area contributed by atoms with E-state index >= 15 is 0 Å². The molecule has 3 aliphatic rings. The number of amides is 1. The van der Waals surface area contributed by atoms with Crippen LogP contribution in [-0.2, 0) is 11.8 Å². The van der Waals surface area contributed by atoms with Gasteiger partial charge in [-0.1, -0.05) is 0 Å². The van der Waals surface area contributed by atoms with Crippen LogP contribution in [0, 0.1) is 5.92 Å². The van der Waals surface area contributed by atoms with Crippen LogP contribution in [0.25, 0.3) is 11.3 Å². The van der Waals surface area contributed by atoms with Crippen molar-refractivity contribution in [1.82, 2.24) is 20.0 Å². The molecule has 0 radical (unpaired) electrons. The zero-order chi connectivity index (χ0) is 16.4. The minimum absolute atomic E-state index is 0.0873. The van der Waals surface area contributed by atoms with Gasteiger partial charge in [0.05, 0.1) is 11.7 Å². The molecule has 0 bridgehead atoms. The van der Waals surface area contributed by atoms with Gasteiger partial charge in [0.15, 0.2) is 5.82 Å². The summed E-state index contributed by atoms with van der Waals surface area (Å²) in [6.07, 6.45) is 6.06. The second-order valence-electron chi connectivity index (χ2n) is 7.06. The predicted molar refractivity (Wildman–Crippen MR) is 89.5 cm³/mol. The molecule has 0 saturated heterocycles. The Bertz CT molecular complexity index is 836. The number of nitrogens with one attached hydrogen (secondary N) is 1. The summed E-state index contributed by atoms with van der Waals surface area (Å²) in [6, 6.07) is 2.61. The minimum atomic E-state index is 0.0873. The van der Waals surface area contributed by atoms with Crippen molar-refractivity contribution in [1.29, 1.82) is 0 Å². The summed E-state index contributed by atoms with van der Waals surface area (Å²) in [6.45, 7) is 2.16. The van der Waals surface area contributed by atoms with Gasteiger partial charge < -0.3 is 10.2 Å². The molecule has 1 aliphatic heterocycles. The highest BCUT2D eigenvalue weighted by molar-refractivity contribution is 5.99. The number of fused-ring (bicyclic) bond motifs is 3. The van der Waals surface area contributed by atoms with Gasteiger partial charge in [-0.15, -0.1) is 0 Å². The van der Waals surface area contributed by atoms with Crippen LogP contribution >= 0.6 is 0 Å². The highest BCUT2D eigenvalue weighted by atomic mass is 16.2. The third kappa shape index (κ3) is 2.03. The van der Waals surface area contributed by atoms with Crippen molar-refractivity contribution in [2.75, 3.05) is 10.2 Å². The van der Waals surface area contributed by atoms with Crippen molar-refractivity contribution < 1.29 is 4.79 Å². The summed E-state index contributed by atoms with van der Waals surface area (Å²) >= 11 is 0. The molecule has 2 aromatic rings. The normalized spacial score (nSPS) is 22.1. The van der Waals surface area contributed by atoms with Crippen molar-refractivity contribution in [2.24, 2.45) is 13.0 Å². The Hall–Kier alpha value is -2.44. The Labute approximate surface area is 140 Å². The second-order valence-corrected chi connectivity index (χ2v) is 7.06. The number of nitrogens with zero attached hydrogens (tertiary/aromatic N) is 5. The molecule has 1 atom stereocenters. The van der Waals surface area contributed by atoms with Crippen molar-refractivity contribution in [3.05, 3.63) is 18.0 Å². The molecule has 1 N–H and O–H groups in total. The van der Waals surface area contributed by atoms with E-state index in [-0.39, 0.29) is 17.9 Å². The molecule has 24 heavy (non-hydrogen) atoms. The molecule has 2 aromatic heterocycles. The summed E-state index contributed by atoms with van der Waals surface area (Å²) in [7, 11) is 1.85. The Morgan fingerprint density at radius 3 is 2.75 bits per heavy atom. The maximum Gasteiger partial charge on any atom is 0.228 e. The molecule has 1 unspecified atom stereocenters. The third-order valence-electron chi connectivity index (χ3n) is 5.12. The molecule has 0 spiro atoms. The van der Waals surface area contributed by atoms with Gasteiger partial charge in [-0.25, -0.2) is 4.98 Å². The standard InChI is InChI=1S/C17H20N6O/c1-9-13-14(21-22(2)20-13)12-7-8-18-16(19-17(24)10-3-4-10)15(12)23(9)11-5-6-11/h7-11H,3-6H2,1-2H3,(H,18,19,24). The average molecular weight is 324 g/mol. The predicted octanol–water partition coefficient (Wildman–Crippen LogP) is 2.27. The molecule has 2 saturated carbocycles. The number of anilines is 2. The molecular formula is C17H20N6O. The number of hydrogen-bond acceptors (Lipinski definition) is 5. The lowest BCUT2D eigenvalue weighted by Gasteiger charge is -2.36. The second kappa shape index (κ2) is 4.78. The van der Waals surface area contributed by atoms with Crippen LogP contribution in [0.2, 0.25) is 0 Å². The summed E-state index contributed by atoms with van der Waals surface area (Å²) in [5.74, 6) is 0.911. The van der Waals surface area contributed by atoms with Gasteiger partial charge in [0, 0.05) is 30.8 Å². The molecule has 7 nitrogen and oxygen atoms in total. The minimum Gasteiger partial charge on any atom is -0.357 e. The van der Waals surface area contributed by atoms with E-state index in [0.29, 0.717) is 11.9 Å². The number of hydrogen-bond donors (Lipinski definition) is 1. The number of rotatable bonds is 3. The Morgan fingerprint density at radius 1 is 1.25 bits per heavy atom. The lowest BCUT2D eigenvalue weighted by Crippen LogP contribution is -2.34. The van der Waals surface area contributed by atoms with Crippen molar-refractivity contribution in [3.63, 3.8) is 0 Å². The quantitative estimate of drug-likeness (QED) is 0.937. The third-order valence-corrected chi connectivity index (χ3v) is 5.12. The fraction of sp³-hybridized carbons (Fsp3) is 0.529. The van der Waals surface area contributed by atoms with Crippen LogP contribution in [0.3, 0.4) is 0 Å². The first-order valence-corrected chi connectivity index (χ1v) is 8.63. The SMILES string of the molecule is CC1c2nn(C)nc2-c2ccnc(NC(=O)C3CC3)c2N1C1CC1. The highest BCUT2D eigenvalue weighted by Crippen LogP contribution is 2.50. The van der Waals surface area contributed by atoms with E-state index in [1.54, 1.807) is 11.0 Å². The van der Waals surface area contributed by atoms with Gasteiger partial charge in [-0.3, -0.25) is 4.79 Å². The van der Waals surface area contributed by atoms with Gasteiger partial charge in [0.25, 0.3) is 0 Å². The Morgan fingerprint density at radius 2 is 2.04 bits per heavy atom. The van der Waals surface area contributed by atoms with Crippen LogP contribution in [-0.4, -0.2) is 31.9 Å². The molecule has 2 fully saturated rings. The summed E-state index contributed by atoms with van der Waals surface area (Å²) < 4.78 is 0. The van der Waals surface area contributed by atoms with E-state index in [1.807, 2.05) is 13.1 Å². The molecule has 2 aliphatic carbocycles. The summed E-state index contributed by atoms with van der Waals surface area (Å²) in [5, 5.41) is 12.2. The molecule has 0 aromatic carbocycles. The van der Waals surface area contributed by atoms with Crippen molar-refractivity contribution >= 4 is 17.4 Å². The molecule has 1 amide bonds. The van der Waals surface area contributed by atoms with Crippen molar-refractivity contribution in [2.45, 2.75) is 44.7 Å². The van der Waals surface area contributed by atoms with Gasteiger partial charge in [-0.2, -0.15) is 15.0 Å². The zero-order valence-electron chi connectivity index (χ0n) is 13.9. The summed E-state index contributed by atoms with van der Waals surface area (Å²) in [5.41, 5.74) is 3.93. The maximum atomic E-state index is 12.3. The molecular weight excluding hydrogens is 304 g/mol.